The Hall–Kier alpha value is -4.63. The van der Waals surface area contributed by atoms with E-state index in [1.807, 2.05) is 75.4 Å². The van der Waals surface area contributed by atoms with Gasteiger partial charge in [0.05, 0.1) is 17.2 Å². The number of nitrogens with zero attached hydrogens (tertiary/aromatic N) is 2. The molecule has 0 aliphatic rings. The number of carbonyl (C=O) groups excluding carboxylic acids is 2. The monoisotopic (exact) mass is 613 g/mol. The van der Waals surface area contributed by atoms with Crippen molar-refractivity contribution in [2.24, 2.45) is 0 Å². The molecule has 0 spiro atoms. The molecule has 8 nitrogen and oxygen atoms in total. The summed E-state index contributed by atoms with van der Waals surface area (Å²) in [6, 6.07) is 29.5. The Morgan fingerprint density at radius 2 is 1.39 bits per heavy atom. The quantitative estimate of drug-likeness (QED) is 0.221. The Labute approximate surface area is 260 Å². The number of rotatable bonds is 13. The number of anilines is 1. The fraction of sp³-hybridized carbons (Fsp3) is 0.257. The molecule has 0 aliphatic carbocycles. The van der Waals surface area contributed by atoms with Crippen LogP contribution >= 0.6 is 0 Å². The lowest BCUT2D eigenvalue weighted by molar-refractivity contribution is -0.139. The molecule has 4 aromatic rings. The number of amides is 2. The first-order valence-electron chi connectivity index (χ1n) is 14.6. The number of nitrogens with one attached hydrogen (secondary N) is 1. The topological polar surface area (TPSA) is 96.0 Å². The van der Waals surface area contributed by atoms with E-state index in [1.165, 1.54) is 24.1 Å². The zero-order valence-corrected chi connectivity index (χ0v) is 26.4. The molecular weight excluding hydrogens is 574 g/mol. The molecule has 9 heteroatoms. The van der Waals surface area contributed by atoms with Gasteiger partial charge in [0.1, 0.15) is 18.3 Å². The zero-order chi connectivity index (χ0) is 31.7. The van der Waals surface area contributed by atoms with Crippen LogP contribution < -0.4 is 14.4 Å². The van der Waals surface area contributed by atoms with Crippen LogP contribution in [0.5, 0.6) is 5.75 Å². The minimum Gasteiger partial charge on any atom is -0.492 e. The van der Waals surface area contributed by atoms with Gasteiger partial charge in [-0.15, -0.1) is 0 Å². The number of para-hydroxylation sites is 2. The third kappa shape index (κ3) is 7.85. The molecule has 1 atom stereocenters. The molecule has 0 radical (unpaired) electrons. The van der Waals surface area contributed by atoms with Crippen LogP contribution in [0.15, 0.2) is 108 Å². The minimum atomic E-state index is -4.22. The molecule has 4 rings (SSSR count). The summed E-state index contributed by atoms with van der Waals surface area (Å²) in [6.07, 6.45) is 0.248. The van der Waals surface area contributed by atoms with Crippen molar-refractivity contribution < 1.29 is 22.7 Å². The molecule has 4 aromatic carbocycles. The van der Waals surface area contributed by atoms with E-state index >= 15 is 0 Å². The summed E-state index contributed by atoms with van der Waals surface area (Å²) in [6.45, 7) is 5.51. The lowest BCUT2D eigenvalue weighted by Crippen LogP contribution is -2.53. The number of hydrogen-bond acceptors (Lipinski definition) is 5. The first-order chi connectivity index (χ1) is 21.1. The first-order valence-corrected chi connectivity index (χ1v) is 16.0. The number of likely N-dealkylation sites (N-methyl/N-ethyl adjacent to an activating group) is 1. The Morgan fingerprint density at radius 3 is 2.00 bits per heavy atom. The van der Waals surface area contributed by atoms with Crippen molar-refractivity contribution in [2.75, 3.05) is 24.5 Å². The molecule has 2 amide bonds. The summed E-state index contributed by atoms with van der Waals surface area (Å²) in [5.74, 6) is -0.551. The maximum Gasteiger partial charge on any atom is 0.264 e. The van der Waals surface area contributed by atoms with Gasteiger partial charge in [-0.1, -0.05) is 90.0 Å². The van der Waals surface area contributed by atoms with Gasteiger partial charge in [0.2, 0.25) is 11.8 Å². The number of hydrogen-bond donors (Lipinski definition) is 1. The Morgan fingerprint density at radius 1 is 0.795 bits per heavy atom. The SMILES string of the molecule is CCOc1ccccc1N(CC(=O)N(Cc1ccc(C)cc1)[C@@H](Cc1ccccc1)C(=O)NC)S(=O)(=O)c1ccc(C)cc1. The van der Waals surface area contributed by atoms with E-state index in [1.54, 1.807) is 36.4 Å². The molecule has 230 valence electrons. The van der Waals surface area contributed by atoms with Gasteiger partial charge < -0.3 is 15.0 Å². The van der Waals surface area contributed by atoms with E-state index < -0.39 is 28.5 Å². The highest BCUT2D eigenvalue weighted by Gasteiger charge is 2.35. The molecule has 0 aliphatic heterocycles. The van der Waals surface area contributed by atoms with Gasteiger partial charge in [0, 0.05) is 20.0 Å². The number of sulfonamides is 1. The molecule has 1 N–H and O–H groups in total. The van der Waals surface area contributed by atoms with Crippen LogP contribution in [-0.2, 0) is 32.6 Å². The standard InChI is InChI=1S/C35H39N3O5S/c1-5-43-33-14-10-9-13-31(33)38(44(41,42)30-21-17-27(3)18-22-30)25-34(39)37(24-29-19-15-26(2)16-20-29)32(35(40)36-4)23-28-11-7-6-8-12-28/h6-22,32H,5,23-25H2,1-4H3,(H,36,40)/t32-/m0/s1. The second kappa shape index (κ2) is 14.7. The maximum atomic E-state index is 14.5. The highest BCUT2D eigenvalue weighted by Crippen LogP contribution is 2.33. The lowest BCUT2D eigenvalue weighted by Gasteiger charge is -2.34. The van der Waals surface area contributed by atoms with E-state index in [9.17, 15) is 18.0 Å². The largest absolute Gasteiger partial charge is 0.492 e. The van der Waals surface area contributed by atoms with E-state index in [0.717, 1.165) is 26.6 Å². The van der Waals surface area contributed by atoms with Crippen molar-refractivity contribution in [1.29, 1.82) is 0 Å². The van der Waals surface area contributed by atoms with Crippen LogP contribution in [0.4, 0.5) is 5.69 Å². The van der Waals surface area contributed by atoms with Gasteiger partial charge >= 0.3 is 0 Å². The molecule has 0 heterocycles. The van der Waals surface area contributed by atoms with Crippen LogP contribution in [-0.4, -0.2) is 51.4 Å². The zero-order valence-electron chi connectivity index (χ0n) is 25.6. The predicted octanol–water partition coefficient (Wildman–Crippen LogP) is 5.28. The van der Waals surface area contributed by atoms with E-state index in [0.29, 0.717) is 12.4 Å². The lowest BCUT2D eigenvalue weighted by atomic mass is 10.0. The van der Waals surface area contributed by atoms with Gasteiger partial charge in [-0.05, 0) is 56.2 Å². The summed E-state index contributed by atoms with van der Waals surface area (Å²) in [7, 11) is -2.69. The van der Waals surface area contributed by atoms with Crippen molar-refractivity contribution in [2.45, 2.75) is 44.7 Å². The van der Waals surface area contributed by atoms with Gasteiger partial charge in [-0.3, -0.25) is 13.9 Å². The maximum absolute atomic E-state index is 14.5. The van der Waals surface area contributed by atoms with Crippen LogP contribution in [0.1, 0.15) is 29.2 Å². The van der Waals surface area contributed by atoms with Crippen molar-refractivity contribution >= 4 is 27.5 Å². The Kier molecular flexibility index (Phi) is 10.8. The van der Waals surface area contributed by atoms with Gasteiger partial charge in [-0.2, -0.15) is 0 Å². The van der Waals surface area contributed by atoms with Crippen LogP contribution in [0.25, 0.3) is 0 Å². The van der Waals surface area contributed by atoms with Crippen molar-refractivity contribution in [3.05, 3.63) is 125 Å². The fourth-order valence-corrected chi connectivity index (χ4v) is 6.33. The molecule has 44 heavy (non-hydrogen) atoms. The summed E-state index contributed by atoms with van der Waals surface area (Å²) < 4.78 is 35.3. The number of aryl methyl sites for hydroxylation is 2. The smallest absolute Gasteiger partial charge is 0.264 e. The van der Waals surface area contributed by atoms with Gasteiger partial charge in [-0.25, -0.2) is 8.42 Å². The number of ether oxygens (including phenoxy) is 1. The van der Waals surface area contributed by atoms with E-state index in [2.05, 4.69) is 5.32 Å². The van der Waals surface area contributed by atoms with E-state index in [-0.39, 0.29) is 29.5 Å². The fourth-order valence-electron chi connectivity index (χ4n) is 4.90. The molecular formula is C35H39N3O5S. The third-order valence-corrected chi connectivity index (χ3v) is 9.09. The molecule has 0 saturated heterocycles. The summed E-state index contributed by atoms with van der Waals surface area (Å²) in [5, 5.41) is 2.70. The Balaban J connectivity index is 1.82. The third-order valence-electron chi connectivity index (χ3n) is 7.31. The van der Waals surface area contributed by atoms with Crippen molar-refractivity contribution in [3.63, 3.8) is 0 Å². The molecule has 0 aromatic heterocycles. The summed E-state index contributed by atoms with van der Waals surface area (Å²) in [4.78, 5) is 29.4. The molecule has 0 unspecified atom stereocenters. The second-order valence-corrected chi connectivity index (χ2v) is 12.4. The number of carbonyl (C=O) groups is 2. The van der Waals surface area contributed by atoms with Crippen LogP contribution in [0, 0.1) is 13.8 Å². The molecule has 0 fully saturated rings. The van der Waals surface area contributed by atoms with Gasteiger partial charge in [0.25, 0.3) is 10.0 Å². The van der Waals surface area contributed by atoms with Crippen molar-refractivity contribution in [3.8, 4) is 5.75 Å². The normalized spacial score (nSPS) is 11.8. The highest BCUT2D eigenvalue weighted by atomic mass is 32.2. The number of benzene rings is 4. The van der Waals surface area contributed by atoms with E-state index in [4.69, 9.17) is 4.74 Å². The second-order valence-electron chi connectivity index (χ2n) is 10.6. The minimum absolute atomic E-state index is 0.0411. The Bertz CT molecular complexity index is 1660. The predicted molar refractivity (Wildman–Crippen MR) is 173 cm³/mol. The summed E-state index contributed by atoms with van der Waals surface area (Å²) in [5.41, 5.74) is 3.88. The average molecular weight is 614 g/mol. The van der Waals surface area contributed by atoms with Crippen LogP contribution in [0.3, 0.4) is 0 Å². The molecule has 0 saturated carbocycles. The van der Waals surface area contributed by atoms with Crippen molar-refractivity contribution in [1.82, 2.24) is 10.2 Å². The van der Waals surface area contributed by atoms with Gasteiger partial charge in [0.15, 0.2) is 0 Å². The molecule has 0 bridgehead atoms. The summed E-state index contributed by atoms with van der Waals surface area (Å²) >= 11 is 0. The average Bonchev–Trinajstić information content (AvgIpc) is 3.03. The highest BCUT2D eigenvalue weighted by molar-refractivity contribution is 7.92. The van der Waals surface area contributed by atoms with Crippen LogP contribution in [0.2, 0.25) is 0 Å². The first kappa shape index (κ1) is 32.3.